The Morgan fingerprint density at radius 2 is 1.62 bits per heavy atom. The van der Waals surface area contributed by atoms with E-state index in [-0.39, 0.29) is 22.5 Å². The second-order valence-corrected chi connectivity index (χ2v) is 6.30. The normalized spacial score (nSPS) is 10.7. The van der Waals surface area contributed by atoms with Gasteiger partial charge in [0.05, 0.1) is 21.2 Å². The molecule has 9 heteroatoms. The number of amides is 1. The van der Waals surface area contributed by atoms with Gasteiger partial charge in [0.25, 0.3) is 11.8 Å². The van der Waals surface area contributed by atoms with Crippen molar-refractivity contribution in [2.75, 3.05) is 5.32 Å². The molecule has 0 saturated heterocycles. The summed E-state index contributed by atoms with van der Waals surface area (Å²) in [6.45, 7) is 0. The average molecular weight is 403 g/mol. The lowest BCUT2D eigenvalue weighted by atomic mass is 10.2. The van der Waals surface area contributed by atoms with Gasteiger partial charge < -0.3 is 4.42 Å². The Bertz CT molecular complexity index is 927. The molecule has 1 amide bonds. The molecule has 0 atom stereocenters. The number of carbonyl (C=O) groups is 1. The van der Waals surface area contributed by atoms with E-state index in [1.807, 2.05) is 0 Å². The van der Waals surface area contributed by atoms with Gasteiger partial charge in [0.1, 0.15) is 0 Å². The summed E-state index contributed by atoms with van der Waals surface area (Å²) in [4.78, 5) is 12.2. The molecule has 5 nitrogen and oxygen atoms in total. The maximum Gasteiger partial charge on any atom is 0.322 e. The van der Waals surface area contributed by atoms with Crippen molar-refractivity contribution in [1.29, 1.82) is 0 Å². The third-order valence-electron chi connectivity index (χ3n) is 2.98. The van der Waals surface area contributed by atoms with E-state index in [4.69, 9.17) is 50.8 Å². The lowest BCUT2D eigenvalue weighted by Crippen LogP contribution is -2.12. The Morgan fingerprint density at radius 1 is 0.917 bits per heavy atom. The highest BCUT2D eigenvalue weighted by molar-refractivity contribution is 6.37. The van der Waals surface area contributed by atoms with Gasteiger partial charge in [-0.15, -0.1) is 5.10 Å². The first-order valence-electron chi connectivity index (χ1n) is 6.49. The van der Waals surface area contributed by atoms with E-state index in [9.17, 15) is 4.79 Å². The fraction of sp³-hybridized carbons (Fsp3) is 0. The minimum atomic E-state index is -0.528. The molecular weight excluding hydrogens is 396 g/mol. The fourth-order valence-corrected chi connectivity index (χ4v) is 2.75. The maximum atomic E-state index is 12.2. The highest BCUT2D eigenvalue weighted by Crippen LogP contribution is 2.30. The molecule has 0 aliphatic rings. The minimum Gasteiger partial charge on any atom is -0.403 e. The van der Waals surface area contributed by atoms with Crippen LogP contribution in [-0.2, 0) is 0 Å². The molecule has 3 aromatic rings. The number of aromatic nitrogens is 2. The lowest BCUT2D eigenvalue weighted by Gasteiger charge is -2.03. The van der Waals surface area contributed by atoms with Gasteiger partial charge >= 0.3 is 6.01 Å². The monoisotopic (exact) mass is 401 g/mol. The fourth-order valence-electron chi connectivity index (χ4n) is 1.88. The van der Waals surface area contributed by atoms with E-state index < -0.39 is 5.91 Å². The Hall–Kier alpha value is -1.79. The number of hydrogen-bond donors (Lipinski definition) is 1. The second kappa shape index (κ2) is 6.99. The van der Waals surface area contributed by atoms with Crippen molar-refractivity contribution in [3.05, 3.63) is 62.1 Å². The molecule has 0 spiro atoms. The molecule has 0 bridgehead atoms. The third kappa shape index (κ3) is 3.65. The molecule has 0 saturated carbocycles. The molecule has 122 valence electrons. The summed E-state index contributed by atoms with van der Waals surface area (Å²) in [7, 11) is 0. The molecule has 0 radical (unpaired) electrons. The number of rotatable bonds is 3. The van der Waals surface area contributed by atoms with Gasteiger partial charge in [0.15, 0.2) is 0 Å². The predicted octanol–water partition coefficient (Wildman–Crippen LogP) is 5.60. The molecule has 24 heavy (non-hydrogen) atoms. The van der Waals surface area contributed by atoms with E-state index >= 15 is 0 Å². The van der Waals surface area contributed by atoms with Crippen molar-refractivity contribution < 1.29 is 9.21 Å². The first-order chi connectivity index (χ1) is 11.4. The van der Waals surface area contributed by atoms with E-state index in [1.54, 1.807) is 24.3 Å². The quantitative estimate of drug-likeness (QED) is 0.618. The summed E-state index contributed by atoms with van der Waals surface area (Å²) < 4.78 is 5.39. The largest absolute Gasteiger partial charge is 0.403 e. The molecule has 3 rings (SSSR count). The number of hydrogen-bond acceptors (Lipinski definition) is 4. The lowest BCUT2D eigenvalue weighted by molar-refractivity contribution is 0.102. The van der Waals surface area contributed by atoms with Crippen LogP contribution in [0, 0.1) is 0 Å². The third-order valence-corrected chi connectivity index (χ3v) is 4.09. The molecule has 1 heterocycles. The SMILES string of the molecule is O=C(Nc1nnc(-c2ccc(Cl)cc2Cl)o1)c1cc(Cl)ccc1Cl. The van der Waals surface area contributed by atoms with Gasteiger partial charge in [-0.3, -0.25) is 10.1 Å². The summed E-state index contributed by atoms with van der Waals surface area (Å²) >= 11 is 23.8. The molecule has 2 aromatic carbocycles. The summed E-state index contributed by atoms with van der Waals surface area (Å²) in [5.74, 6) is -0.385. The van der Waals surface area contributed by atoms with Gasteiger partial charge in [-0.1, -0.05) is 51.5 Å². The minimum absolute atomic E-state index is 0.0999. The first kappa shape index (κ1) is 17.0. The van der Waals surface area contributed by atoms with Crippen molar-refractivity contribution in [1.82, 2.24) is 10.2 Å². The molecular formula is C15H7Cl4N3O2. The Kier molecular flexibility index (Phi) is 4.96. The van der Waals surface area contributed by atoms with Crippen LogP contribution in [0.3, 0.4) is 0 Å². The highest BCUT2D eigenvalue weighted by Gasteiger charge is 2.17. The van der Waals surface area contributed by atoms with Crippen LogP contribution in [0.5, 0.6) is 0 Å². The van der Waals surface area contributed by atoms with Crippen LogP contribution in [0.15, 0.2) is 40.8 Å². The van der Waals surface area contributed by atoms with Crippen LogP contribution in [0.2, 0.25) is 20.1 Å². The number of nitrogens with zero attached hydrogens (tertiary/aromatic N) is 2. The van der Waals surface area contributed by atoms with E-state index in [2.05, 4.69) is 15.5 Å². The molecule has 0 unspecified atom stereocenters. The second-order valence-electron chi connectivity index (χ2n) is 4.61. The van der Waals surface area contributed by atoms with Gasteiger partial charge in [-0.05, 0) is 36.4 Å². The molecule has 1 aromatic heterocycles. The summed E-state index contributed by atoms with van der Waals surface area (Å²) in [6.07, 6.45) is 0. The maximum absolute atomic E-state index is 12.2. The Balaban J connectivity index is 1.83. The van der Waals surface area contributed by atoms with Crippen molar-refractivity contribution >= 4 is 58.3 Å². The number of anilines is 1. The van der Waals surface area contributed by atoms with Crippen LogP contribution in [0.1, 0.15) is 10.4 Å². The van der Waals surface area contributed by atoms with Gasteiger partial charge in [0.2, 0.25) is 0 Å². The summed E-state index contributed by atoms with van der Waals surface area (Å²) in [6, 6.07) is 9.25. The molecule has 1 N–H and O–H groups in total. The molecule has 0 fully saturated rings. The standard InChI is InChI=1S/C15H7Cl4N3O2/c16-7-2-4-11(18)10(5-7)13(23)20-15-22-21-14(24-15)9-3-1-8(17)6-12(9)19/h1-6H,(H,20,22,23). The Morgan fingerprint density at radius 3 is 2.38 bits per heavy atom. The van der Waals surface area contributed by atoms with Gasteiger partial charge in [-0.25, -0.2) is 0 Å². The molecule has 0 aliphatic carbocycles. The van der Waals surface area contributed by atoms with Crippen LogP contribution in [0.25, 0.3) is 11.5 Å². The van der Waals surface area contributed by atoms with Gasteiger partial charge in [0, 0.05) is 10.0 Å². The van der Waals surface area contributed by atoms with Crippen molar-refractivity contribution in [3.8, 4) is 11.5 Å². The number of carbonyl (C=O) groups excluding carboxylic acids is 1. The predicted molar refractivity (Wildman–Crippen MR) is 94.2 cm³/mol. The zero-order valence-electron chi connectivity index (χ0n) is 11.7. The van der Waals surface area contributed by atoms with E-state index in [0.717, 1.165) is 0 Å². The number of halogens is 4. The summed E-state index contributed by atoms with van der Waals surface area (Å²) in [5.41, 5.74) is 0.684. The highest BCUT2D eigenvalue weighted by atomic mass is 35.5. The number of benzene rings is 2. The smallest absolute Gasteiger partial charge is 0.322 e. The van der Waals surface area contributed by atoms with Crippen LogP contribution in [0.4, 0.5) is 6.01 Å². The average Bonchev–Trinajstić information content (AvgIpc) is 2.97. The van der Waals surface area contributed by atoms with E-state index in [0.29, 0.717) is 20.6 Å². The topological polar surface area (TPSA) is 68.0 Å². The summed E-state index contributed by atoms with van der Waals surface area (Å²) in [5, 5.41) is 11.5. The van der Waals surface area contributed by atoms with Crippen LogP contribution >= 0.6 is 46.4 Å². The van der Waals surface area contributed by atoms with Gasteiger partial charge in [-0.2, -0.15) is 0 Å². The van der Waals surface area contributed by atoms with Crippen molar-refractivity contribution in [2.24, 2.45) is 0 Å². The molecule has 0 aliphatic heterocycles. The first-order valence-corrected chi connectivity index (χ1v) is 8.00. The van der Waals surface area contributed by atoms with Crippen LogP contribution < -0.4 is 5.32 Å². The van der Waals surface area contributed by atoms with E-state index in [1.165, 1.54) is 12.1 Å². The van der Waals surface area contributed by atoms with Crippen molar-refractivity contribution in [2.45, 2.75) is 0 Å². The zero-order valence-corrected chi connectivity index (χ0v) is 14.7. The van der Waals surface area contributed by atoms with Crippen LogP contribution in [-0.4, -0.2) is 16.1 Å². The van der Waals surface area contributed by atoms with Crippen molar-refractivity contribution in [3.63, 3.8) is 0 Å². The zero-order chi connectivity index (χ0) is 17.3. The number of nitrogens with one attached hydrogen (secondary N) is 1. The Labute approximate surface area is 156 Å².